The molecule has 24 heavy (non-hydrogen) atoms. The summed E-state index contributed by atoms with van der Waals surface area (Å²) in [5.41, 5.74) is 1.03. The molecular formula is C17H22ClN3O2S. The standard InChI is InChI=1S/C17H22ClN3O2S/c1-12-11-21(17(22)23-12)14-6-8-20(9-7-14)16(24)19-10-13-4-2-3-5-15(13)18/h2-5,12,14H,6-11H2,1H3,(H,19,24). The van der Waals surface area contributed by atoms with Crippen LogP contribution < -0.4 is 5.32 Å². The molecule has 7 heteroatoms. The average molecular weight is 368 g/mol. The number of hydrogen-bond donors (Lipinski definition) is 1. The van der Waals surface area contributed by atoms with Crippen LogP contribution >= 0.6 is 23.8 Å². The van der Waals surface area contributed by atoms with Gasteiger partial charge in [-0.1, -0.05) is 29.8 Å². The molecule has 0 radical (unpaired) electrons. The first-order chi connectivity index (χ1) is 11.5. The average Bonchev–Trinajstić information content (AvgIpc) is 2.92. The number of amides is 1. The molecule has 1 unspecified atom stereocenters. The van der Waals surface area contributed by atoms with E-state index < -0.39 is 0 Å². The van der Waals surface area contributed by atoms with Crippen molar-refractivity contribution < 1.29 is 9.53 Å². The highest BCUT2D eigenvalue weighted by atomic mass is 35.5. The van der Waals surface area contributed by atoms with Crippen LogP contribution in [0.15, 0.2) is 24.3 Å². The Morgan fingerprint density at radius 1 is 1.38 bits per heavy atom. The van der Waals surface area contributed by atoms with E-state index in [2.05, 4.69) is 10.2 Å². The van der Waals surface area contributed by atoms with E-state index in [1.54, 1.807) is 0 Å². The summed E-state index contributed by atoms with van der Waals surface area (Å²) in [7, 11) is 0. The molecule has 0 aliphatic carbocycles. The Hall–Kier alpha value is -1.53. The van der Waals surface area contributed by atoms with Crippen LogP contribution in [0.3, 0.4) is 0 Å². The van der Waals surface area contributed by atoms with Crippen molar-refractivity contribution in [3.05, 3.63) is 34.9 Å². The molecular weight excluding hydrogens is 346 g/mol. The molecule has 3 rings (SSSR count). The van der Waals surface area contributed by atoms with Gasteiger partial charge in [0.1, 0.15) is 6.10 Å². The zero-order valence-electron chi connectivity index (χ0n) is 13.7. The first kappa shape index (κ1) is 17.3. The molecule has 5 nitrogen and oxygen atoms in total. The predicted molar refractivity (Wildman–Crippen MR) is 98.1 cm³/mol. The number of hydrogen-bond acceptors (Lipinski definition) is 3. The molecule has 2 heterocycles. The van der Waals surface area contributed by atoms with Gasteiger partial charge in [-0.15, -0.1) is 0 Å². The summed E-state index contributed by atoms with van der Waals surface area (Å²) in [4.78, 5) is 15.9. The first-order valence-corrected chi connectivity index (χ1v) is 9.06. The number of carbonyl (C=O) groups is 1. The molecule has 0 saturated carbocycles. The van der Waals surface area contributed by atoms with Gasteiger partial charge in [0.05, 0.1) is 6.54 Å². The van der Waals surface area contributed by atoms with Gasteiger partial charge in [0, 0.05) is 30.7 Å². The number of ether oxygens (including phenoxy) is 1. The summed E-state index contributed by atoms with van der Waals surface area (Å²) < 4.78 is 5.22. The lowest BCUT2D eigenvalue weighted by Gasteiger charge is -2.36. The van der Waals surface area contributed by atoms with Crippen LogP contribution in [0.1, 0.15) is 25.3 Å². The third-order valence-corrected chi connectivity index (χ3v) is 5.34. The highest BCUT2D eigenvalue weighted by Crippen LogP contribution is 2.22. The Morgan fingerprint density at radius 2 is 2.08 bits per heavy atom. The molecule has 2 aliphatic heterocycles. The van der Waals surface area contributed by atoms with Crippen LogP contribution in [0.25, 0.3) is 0 Å². The van der Waals surface area contributed by atoms with Crippen molar-refractivity contribution in [3.63, 3.8) is 0 Å². The van der Waals surface area contributed by atoms with Crippen LogP contribution in [0.5, 0.6) is 0 Å². The molecule has 1 aromatic rings. The predicted octanol–water partition coefficient (Wildman–Crippen LogP) is 3.02. The molecule has 0 aromatic heterocycles. The zero-order valence-corrected chi connectivity index (χ0v) is 15.3. The topological polar surface area (TPSA) is 44.8 Å². The second-order valence-corrected chi connectivity index (χ2v) is 7.11. The summed E-state index contributed by atoms with van der Waals surface area (Å²) in [6.07, 6.45) is 1.64. The number of piperidine rings is 1. The van der Waals surface area contributed by atoms with E-state index in [4.69, 9.17) is 28.6 Å². The highest BCUT2D eigenvalue weighted by molar-refractivity contribution is 7.80. The van der Waals surface area contributed by atoms with Crippen LogP contribution in [0, 0.1) is 0 Å². The third-order valence-electron chi connectivity index (χ3n) is 4.57. The number of benzene rings is 1. The Balaban J connectivity index is 1.47. The van der Waals surface area contributed by atoms with E-state index in [1.165, 1.54) is 0 Å². The monoisotopic (exact) mass is 367 g/mol. The van der Waals surface area contributed by atoms with Gasteiger partial charge >= 0.3 is 6.09 Å². The smallest absolute Gasteiger partial charge is 0.410 e. The Labute approximate surface area is 152 Å². The molecule has 0 spiro atoms. The molecule has 2 fully saturated rings. The van der Waals surface area contributed by atoms with E-state index >= 15 is 0 Å². The number of nitrogens with one attached hydrogen (secondary N) is 1. The van der Waals surface area contributed by atoms with E-state index in [9.17, 15) is 4.79 Å². The number of likely N-dealkylation sites (tertiary alicyclic amines) is 1. The number of thiocarbonyl (C=S) groups is 1. The second kappa shape index (κ2) is 7.57. The third kappa shape index (κ3) is 3.92. The fourth-order valence-electron chi connectivity index (χ4n) is 3.23. The largest absolute Gasteiger partial charge is 0.444 e. The van der Waals surface area contributed by atoms with Crippen LogP contribution in [-0.2, 0) is 11.3 Å². The summed E-state index contributed by atoms with van der Waals surface area (Å²) in [6, 6.07) is 8.00. The molecule has 1 aromatic carbocycles. The molecule has 1 amide bonds. The number of halogens is 1. The molecule has 2 saturated heterocycles. The van der Waals surface area contributed by atoms with Gasteiger partial charge in [-0.2, -0.15) is 0 Å². The number of nitrogens with zero attached hydrogens (tertiary/aromatic N) is 2. The maximum absolute atomic E-state index is 11.8. The van der Waals surface area contributed by atoms with Crippen molar-refractivity contribution in [1.29, 1.82) is 0 Å². The van der Waals surface area contributed by atoms with Crippen LogP contribution in [0.2, 0.25) is 5.02 Å². The minimum absolute atomic E-state index is 0.00565. The van der Waals surface area contributed by atoms with Gasteiger partial charge in [-0.05, 0) is 43.6 Å². The summed E-state index contributed by atoms with van der Waals surface area (Å²) >= 11 is 11.7. The van der Waals surface area contributed by atoms with E-state index in [-0.39, 0.29) is 18.2 Å². The number of cyclic esters (lactones) is 1. The minimum atomic E-state index is -0.180. The first-order valence-electron chi connectivity index (χ1n) is 8.28. The summed E-state index contributed by atoms with van der Waals surface area (Å²) in [5, 5.41) is 4.76. The molecule has 0 bridgehead atoms. The quantitative estimate of drug-likeness (QED) is 0.832. The van der Waals surface area contributed by atoms with Gasteiger partial charge < -0.3 is 19.9 Å². The Kier molecular flexibility index (Phi) is 5.46. The summed E-state index contributed by atoms with van der Waals surface area (Å²) in [6.45, 7) is 4.93. The van der Waals surface area contributed by atoms with E-state index in [0.29, 0.717) is 13.1 Å². The molecule has 2 aliphatic rings. The van der Waals surface area contributed by atoms with Gasteiger partial charge in [-0.3, -0.25) is 0 Å². The van der Waals surface area contributed by atoms with Crippen LogP contribution in [-0.4, -0.2) is 52.8 Å². The van der Waals surface area contributed by atoms with Crippen molar-refractivity contribution in [2.45, 2.75) is 38.5 Å². The lowest BCUT2D eigenvalue weighted by molar-refractivity contribution is 0.123. The van der Waals surface area contributed by atoms with Crippen molar-refractivity contribution >= 4 is 35.0 Å². The zero-order chi connectivity index (χ0) is 17.1. The van der Waals surface area contributed by atoms with Crippen molar-refractivity contribution in [2.75, 3.05) is 19.6 Å². The van der Waals surface area contributed by atoms with Crippen LogP contribution in [0.4, 0.5) is 4.79 Å². The summed E-state index contributed by atoms with van der Waals surface area (Å²) in [5.74, 6) is 0. The molecule has 130 valence electrons. The number of rotatable bonds is 3. The highest BCUT2D eigenvalue weighted by Gasteiger charge is 2.35. The molecule has 1 atom stereocenters. The normalized spacial score (nSPS) is 21.8. The maximum Gasteiger partial charge on any atom is 0.410 e. The Morgan fingerprint density at radius 3 is 2.71 bits per heavy atom. The lowest BCUT2D eigenvalue weighted by atomic mass is 10.0. The van der Waals surface area contributed by atoms with Crippen molar-refractivity contribution in [2.24, 2.45) is 0 Å². The van der Waals surface area contributed by atoms with Gasteiger partial charge in [-0.25, -0.2) is 4.79 Å². The Bertz CT molecular complexity index is 620. The van der Waals surface area contributed by atoms with Crippen molar-refractivity contribution in [1.82, 2.24) is 15.1 Å². The van der Waals surface area contributed by atoms with Crippen molar-refractivity contribution in [3.8, 4) is 0 Å². The SMILES string of the molecule is CC1CN(C2CCN(C(=S)NCc3ccccc3Cl)CC2)C(=O)O1. The fourth-order valence-corrected chi connectivity index (χ4v) is 3.69. The van der Waals surface area contributed by atoms with E-state index in [0.717, 1.165) is 41.6 Å². The lowest BCUT2D eigenvalue weighted by Crippen LogP contribution is -2.49. The van der Waals surface area contributed by atoms with E-state index in [1.807, 2.05) is 36.1 Å². The second-order valence-electron chi connectivity index (χ2n) is 6.32. The van der Waals surface area contributed by atoms with Gasteiger partial charge in [0.15, 0.2) is 5.11 Å². The maximum atomic E-state index is 11.8. The van der Waals surface area contributed by atoms with Gasteiger partial charge in [0.2, 0.25) is 0 Å². The van der Waals surface area contributed by atoms with Gasteiger partial charge in [0.25, 0.3) is 0 Å². The number of carbonyl (C=O) groups excluding carboxylic acids is 1. The minimum Gasteiger partial charge on any atom is -0.444 e. The fraction of sp³-hybridized carbons (Fsp3) is 0.529. The molecule has 1 N–H and O–H groups in total.